The van der Waals surface area contributed by atoms with Gasteiger partial charge in [0.15, 0.2) is 5.78 Å². The molecule has 0 aliphatic carbocycles. The zero-order valence-electron chi connectivity index (χ0n) is 11.6. The Morgan fingerprint density at radius 3 is 2.57 bits per heavy atom. The van der Waals surface area contributed by atoms with Crippen LogP contribution in [0, 0.1) is 0 Å². The molecule has 1 aromatic heterocycles. The van der Waals surface area contributed by atoms with Gasteiger partial charge in [-0.3, -0.25) is 4.79 Å². The minimum absolute atomic E-state index is 0.119. The normalized spacial score (nSPS) is 13.5. The van der Waals surface area contributed by atoms with Crippen molar-refractivity contribution < 1.29 is 18.0 Å². The number of allylic oxidation sites excluding steroid dienone is 1. The first-order valence-electron chi connectivity index (χ1n) is 5.89. The Morgan fingerprint density at radius 2 is 2.10 bits per heavy atom. The van der Waals surface area contributed by atoms with Gasteiger partial charge in [-0.05, 0) is 19.1 Å². The van der Waals surface area contributed by atoms with Crippen molar-refractivity contribution >= 4 is 29.1 Å². The van der Waals surface area contributed by atoms with Crippen molar-refractivity contribution in [1.82, 2.24) is 9.88 Å². The van der Waals surface area contributed by atoms with E-state index in [9.17, 15) is 18.0 Å². The second-order valence-corrected chi connectivity index (χ2v) is 6.19. The molecule has 8 heteroatoms. The molecule has 1 aromatic rings. The van der Waals surface area contributed by atoms with Gasteiger partial charge in [0.1, 0.15) is 5.03 Å². The molecule has 1 unspecified atom stereocenters. The van der Waals surface area contributed by atoms with Crippen molar-refractivity contribution in [1.29, 1.82) is 0 Å². The van der Waals surface area contributed by atoms with Crippen LogP contribution >= 0.6 is 23.4 Å². The van der Waals surface area contributed by atoms with Gasteiger partial charge < -0.3 is 4.90 Å². The van der Waals surface area contributed by atoms with Gasteiger partial charge in [0.05, 0.1) is 15.8 Å². The summed E-state index contributed by atoms with van der Waals surface area (Å²) in [6, 6.07) is 0.809. The van der Waals surface area contributed by atoms with E-state index in [0.29, 0.717) is 6.20 Å². The highest BCUT2D eigenvalue weighted by Crippen LogP contribution is 2.35. The standard InChI is InChI=1S/C13H14ClF3N2OS/c1-8(11(20)4-5-19(2)3)21-12-10(14)6-9(7-18-12)13(15,16)17/h4-8H,1-3H3/b5-4+. The number of carbonyl (C=O) groups is 1. The Balaban J connectivity index is 2.82. The first kappa shape index (κ1) is 17.8. The number of halogens is 4. The minimum Gasteiger partial charge on any atom is -0.383 e. The minimum atomic E-state index is -4.49. The zero-order valence-corrected chi connectivity index (χ0v) is 13.2. The molecular weight excluding hydrogens is 325 g/mol. The zero-order chi connectivity index (χ0) is 16.2. The van der Waals surface area contributed by atoms with E-state index in [-0.39, 0.29) is 15.8 Å². The predicted octanol–water partition coefficient (Wildman–Crippen LogP) is 3.88. The Hall–Kier alpha value is -1.21. The molecule has 0 saturated heterocycles. The highest BCUT2D eigenvalue weighted by molar-refractivity contribution is 8.00. The summed E-state index contributed by atoms with van der Waals surface area (Å²) in [6.45, 7) is 1.64. The topological polar surface area (TPSA) is 33.2 Å². The van der Waals surface area contributed by atoms with Crippen LogP contribution in [-0.4, -0.2) is 35.0 Å². The lowest BCUT2D eigenvalue weighted by atomic mass is 10.3. The highest BCUT2D eigenvalue weighted by atomic mass is 35.5. The molecule has 0 fully saturated rings. The third kappa shape index (κ3) is 5.59. The van der Waals surface area contributed by atoms with Crippen LogP contribution in [0.3, 0.4) is 0 Å². The average molecular weight is 339 g/mol. The fraction of sp³-hybridized carbons (Fsp3) is 0.385. The van der Waals surface area contributed by atoms with E-state index < -0.39 is 17.0 Å². The number of hydrogen-bond acceptors (Lipinski definition) is 4. The lowest BCUT2D eigenvalue weighted by Crippen LogP contribution is -2.12. The lowest BCUT2D eigenvalue weighted by molar-refractivity contribution is -0.137. The number of alkyl halides is 3. The van der Waals surface area contributed by atoms with E-state index in [1.54, 1.807) is 32.1 Å². The van der Waals surface area contributed by atoms with Gasteiger partial charge in [0.25, 0.3) is 0 Å². The Morgan fingerprint density at radius 1 is 1.48 bits per heavy atom. The second kappa shape index (κ2) is 7.17. The smallest absolute Gasteiger partial charge is 0.383 e. The van der Waals surface area contributed by atoms with Crippen LogP contribution in [0.5, 0.6) is 0 Å². The summed E-state index contributed by atoms with van der Waals surface area (Å²) >= 11 is 6.81. The van der Waals surface area contributed by atoms with Crippen LogP contribution < -0.4 is 0 Å². The fourth-order valence-corrected chi connectivity index (χ4v) is 2.37. The first-order chi connectivity index (χ1) is 9.61. The maximum atomic E-state index is 12.5. The predicted molar refractivity (Wildman–Crippen MR) is 77.4 cm³/mol. The lowest BCUT2D eigenvalue weighted by Gasteiger charge is -2.11. The molecule has 116 valence electrons. The molecule has 1 atom stereocenters. The summed E-state index contributed by atoms with van der Waals surface area (Å²) in [4.78, 5) is 17.2. The Labute approximate surface area is 130 Å². The summed E-state index contributed by atoms with van der Waals surface area (Å²) in [5.74, 6) is -0.175. The van der Waals surface area contributed by atoms with E-state index >= 15 is 0 Å². The number of carbonyl (C=O) groups excluding carboxylic acids is 1. The summed E-state index contributed by atoms with van der Waals surface area (Å²) in [5.41, 5.74) is -0.914. The third-order valence-electron chi connectivity index (χ3n) is 2.36. The molecule has 0 bridgehead atoms. The largest absolute Gasteiger partial charge is 0.417 e. The highest BCUT2D eigenvalue weighted by Gasteiger charge is 2.31. The van der Waals surface area contributed by atoms with Crippen LogP contribution in [0.15, 0.2) is 29.6 Å². The van der Waals surface area contributed by atoms with Gasteiger partial charge in [-0.25, -0.2) is 4.98 Å². The molecule has 0 aromatic carbocycles. The number of rotatable bonds is 5. The maximum Gasteiger partial charge on any atom is 0.417 e. The molecular formula is C13H14ClF3N2OS. The molecule has 0 aliphatic rings. The summed E-state index contributed by atoms with van der Waals surface area (Å²) < 4.78 is 37.5. The summed E-state index contributed by atoms with van der Waals surface area (Å²) in [5, 5.41) is -0.419. The Bertz CT molecular complexity index is 547. The van der Waals surface area contributed by atoms with Gasteiger partial charge in [0.2, 0.25) is 0 Å². The van der Waals surface area contributed by atoms with Crippen LogP contribution in [0.25, 0.3) is 0 Å². The summed E-state index contributed by atoms with van der Waals surface area (Å²) in [7, 11) is 3.55. The van der Waals surface area contributed by atoms with Gasteiger partial charge in [-0.2, -0.15) is 13.2 Å². The van der Waals surface area contributed by atoms with E-state index in [0.717, 1.165) is 17.8 Å². The number of thioether (sulfide) groups is 1. The molecule has 1 rings (SSSR count). The average Bonchev–Trinajstić information content (AvgIpc) is 2.36. The van der Waals surface area contributed by atoms with Crippen molar-refractivity contribution in [3.63, 3.8) is 0 Å². The number of nitrogens with zero attached hydrogens (tertiary/aromatic N) is 2. The van der Waals surface area contributed by atoms with Crippen LogP contribution in [0.1, 0.15) is 12.5 Å². The first-order valence-corrected chi connectivity index (χ1v) is 7.15. The number of pyridine rings is 1. The molecule has 1 heterocycles. The second-order valence-electron chi connectivity index (χ2n) is 4.45. The van der Waals surface area contributed by atoms with E-state index in [4.69, 9.17) is 11.6 Å². The van der Waals surface area contributed by atoms with Crippen molar-refractivity contribution in [3.05, 3.63) is 35.1 Å². The molecule has 0 saturated carbocycles. The van der Waals surface area contributed by atoms with Crippen molar-refractivity contribution in [2.24, 2.45) is 0 Å². The molecule has 0 amide bonds. The molecule has 0 N–H and O–H groups in total. The van der Waals surface area contributed by atoms with E-state index in [2.05, 4.69) is 4.98 Å². The molecule has 0 spiro atoms. The van der Waals surface area contributed by atoms with Gasteiger partial charge in [-0.15, -0.1) is 0 Å². The quantitative estimate of drug-likeness (QED) is 0.602. The van der Waals surface area contributed by atoms with Crippen LogP contribution in [0.4, 0.5) is 13.2 Å². The number of aromatic nitrogens is 1. The van der Waals surface area contributed by atoms with E-state index in [1.165, 1.54) is 6.08 Å². The molecule has 21 heavy (non-hydrogen) atoms. The van der Waals surface area contributed by atoms with Gasteiger partial charge >= 0.3 is 6.18 Å². The van der Waals surface area contributed by atoms with Gasteiger partial charge in [-0.1, -0.05) is 23.4 Å². The third-order valence-corrected chi connectivity index (χ3v) is 3.90. The maximum absolute atomic E-state index is 12.5. The van der Waals surface area contributed by atoms with E-state index in [1.807, 2.05) is 0 Å². The SMILES string of the molecule is CC(Sc1ncc(C(F)(F)F)cc1Cl)C(=O)/C=C/N(C)C. The molecule has 0 aliphatic heterocycles. The van der Waals surface area contributed by atoms with Crippen LogP contribution in [0.2, 0.25) is 5.02 Å². The molecule has 0 radical (unpaired) electrons. The molecule has 3 nitrogen and oxygen atoms in total. The fourth-order valence-electron chi connectivity index (χ4n) is 1.25. The van der Waals surface area contributed by atoms with Crippen molar-refractivity contribution in [2.75, 3.05) is 14.1 Å². The summed E-state index contributed by atoms with van der Waals surface area (Å²) in [6.07, 6.45) is -0.784. The monoisotopic (exact) mass is 338 g/mol. The van der Waals surface area contributed by atoms with Gasteiger partial charge in [0, 0.05) is 26.5 Å². The number of ketones is 1. The number of hydrogen-bond donors (Lipinski definition) is 0. The van der Waals surface area contributed by atoms with Crippen LogP contribution in [-0.2, 0) is 11.0 Å². The Kier molecular flexibility index (Phi) is 6.10. The van der Waals surface area contributed by atoms with Crippen molar-refractivity contribution in [3.8, 4) is 0 Å². The van der Waals surface area contributed by atoms with Crippen molar-refractivity contribution in [2.45, 2.75) is 23.4 Å².